The van der Waals surface area contributed by atoms with Gasteiger partial charge in [0.2, 0.25) is 0 Å². The second-order valence-electron chi connectivity index (χ2n) is 2.65. The van der Waals surface area contributed by atoms with E-state index in [1.165, 1.54) is 18.4 Å². The van der Waals surface area contributed by atoms with E-state index < -0.39 is 0 Å². The number of nitrogens with zero attached hydrogens (tertiary/aromatic N) is 1. The third-order valence-corrected chi connectivity index (χ3v) is 1.74. The zero-order chi connectivity index (χ0) is 7.40. The molecule has 1 heterocycles. The van der Waals surface area contributed by atoms with E-state index in [9.17, 15) is 0 Å². The topological polar surface area (TPSA) is 26.0 Å². The van der Waals surface area contributed by atoms with Crippen molar-refractivity contribution in [2.75, 3.05) is 0 Å². The Labute approximate surface area is 61.2 Å². The molecular formula is C8H13NO. The molecule has 0 aliphatic heterocycles. The molecule has 0 aliphatic carbocycles. The molecule has 10 heavy (non-hydrogen) atoms. The molecule has 56 valence electrons. The Morgan fingerprint density at radius 1 is 1.70 bits per heavy atom. The van der Waals surface area contributed by atoms with Crippen LogP contribution in [0.3, 0.4) is 0 Å². The Bertz CT molecular complexity index is 169. The molecule has 0 bridgehead atoms. The van der Waals surface area contributed by atoms with Gasteiger partial charge in [0.05, 0.1) is 6.20 Å². The van der Waals surface area contributed by atoms with Crippen LogP contribution in [0.2, 0.25) is 0 Å². The highest BCUT2D eigenvalue weighted by atomic mass is 16.5. The summed E-state index contributed by atoms with van der Waals surface area (Å²) in [7, 11) is 0. The fourth-order valence-corrected chi connectivity index (χ4v) is 1.06. The summed E-state index contributed by atoms with van der Waals surface area (Å²) in [6.07, 6.45) is 5.94. The maximum atomic E-state index is 4.73. The van der Waals surface area contributed by atoms with Crippen molar-refractivity contribution in [1.82, 2.24) is 5.16 Å². The zero-order valence-electron chi connectivity index (χ0n) is 6.50. The summed E-state index contributed by atoms with van der Waals surface area (Å²) in [4.78, 5) is 0. The predicted molar refractivity (Wildman–Crippen MR) is 39.8 cm³/mol. The highest BCUT2D eigenvalue weighted by Gasteiger charge is 2.04. The van der Waals surface area contributed by atoms with Crippen LogP contribution in [0.5, 0.6) is 0 Å². The third-order valence-electron chi connectivity index (χ3n) is 1.74. The van der Waals surface area contributed by atoms with Crippen LogP contribution in [0.25, 0.3) is 0 Å². The average Bonchev–Trinajstić information content (AvgIpc) is 2.38. The van der Waals surface area contributed by atoms with Gasteiger partial charge in [0, 0.05) is 5.56 Å². The highest BCUT2D eigenvalue weighted by molar-refractivity contribution is 5.06. The van der Waals surface area contributed by atoms with E-state index in [2.05, 4.69) is 19.0 Å². The van der Waals surface area contributed by atoms with Crippen molar-refractivity contribution in [3.63, 3.8) is 0 Å². The SMILES string of the molecule is CCCC(C)c1cnoc1. The van der Waals surface area contributed by atoms with Gasteiger partial charge in [0.15, 0.2) is 0 Å². The van der Waals surface area contributed by atoms with Crippen LogP contribution in [0.15, 0.2) is 17.0 Å². The standard InChI is InChI=1S/C8H13NO/c1-3-4-7(2)8-5-9-10-6-8/h5-7H,3-4H2,1-2H3. The van der Waals surface area contributed by atoms with Crippen molar-refractivity contribution in [2.45, 2.75) is 32.6 Å². The van der Waals surface area contributed by atoms with Crippen LogP contribution in [-0.4, -0.2) is 5.16 Å². The lowest BCUT2D eigenvalue weighted by Gasteiger charge is -2.03. The van der Waals surface area contributed by atoms with Crippen LogP contribution < -0.4 is 0 Å². The van der Waals surface area contributed by atoms with Crippen molar-refractivity contribution in [2.24, 2.45) is 0 Å². The molecule has 0 aliphatic rings. The summed E-state index contributed by atoms with van der Waals surface area (Å²) >= 11 is 0. The summed E-state index contributed by atoms with van der Waals surface area (Å²) in [5.41, 5.74) is 1.21. The van der Waals surface area contributed by atoms with Crippen molar-refractivity contribution in [3.05, 3.63) is 18.0 Å². The van der Waals surface area contributed by atoms with Gasteiger partial charge in [-0.3, -0.25) is 0 Å². The van der Waals surface area contributed by atoms with E-state index in [4.69, 9.17) is 4.52 Å². The summed E-state index contributed by atoms with van der Waals surface area (Å²) in [6, 6.07) is 0. The number of aromatic nitrogens is 1. The molecule has 1 aromatic heterocycles. The molecule has 2 heteroatoms. The fraction of sp³-hybridized carbons (Fsp3) is 0.625. The normalized spacial score (nSPS) is 13.4. The first kappa shape index (κ1) is 7.32. The molecule has 0 amide bonds. The van der Waals surface area contributed by atoms with E-state index in [0.29, 0.717) is 5.92 Å². The van der Waals surface area contributed by atoms with Crippen molar-refractivity contribution in [3.8, 4) is 0 Å². The highest BCUT2D eigenvalue weighted by Crippen LogP contribution is 2.18. The molecule has 0 saturated carbocycles. The first-order chi connectivity index (χ1) is 4.84. The van der Waals surface area contributed by atoms with Gasteiger partial charge >= 0.3 is 0 Å². The number of hydrogen-bond donors (Lipinski definition) is 0. The summed E-state index contributed by atoms with van der Waals surface area (Å²) in [5, 5.41) is 3.65. The minimum absolute atomic E-state index is 0.594. The Morgan fingerprint density at radius 2 is 2.50 bits per heavy atom. The van der Waals surface area contributed by atoms with Gasteiger partial charge in [-0.1, -0.05) is 25.4 Å². The van der Waals surface area contributed by atoms with Crippen LogP contribution in [0, 0.1) is 0 Å². The maximum absolute atomic E-state index is 4.73. The predicted octanol–water partition coefficient (Wildman–Crippen LogP) is 2.58. The van der Waals surface area contributed by atoms with Crippen LogP contribution in [0.1, 0.15) is 38.2 Å². The molecule has 0 fully saturated rings. The van der Waals surface area contributed by atoms with E-state index in [1.54, 1.807) is 12.5 Å². The van der Waals surface area contributed by atoms with E-state index >= 15 is 0 Å². The molecule has 0 N–H and O–H groups in total. The lowest BCUT2D eigenvalue weighted by Crippen LogP contribution is -1.88. The molecule has 0 radical (unpaired) electrons. The van der Waals surface area contributed by atoms with Gasteiger partial charge < -0.3 is 4.52 Å². The van der Waals surface area contributed by atoms with Gasteiger partial charge in [-0.15, -0.1) is 0 Å². The monoisotopic (exact) mass is 139 g/mol. The summed E-state index contributed by atoms with van der Waals surface area (Å²) in [6.45, 7) is 4.38. The van der Waals surface area contributed by atoms with Gasteiger partial charge in [-0.05, 0) is 12.3 Å². The molecule has 1 atom stereocenters. The Morgan fingerprint density at radius 3 is 3.00 bits per heavy atom. The first-order valence-electron chi connectivity index (χ1n) is 3.74. The van der Waals surface area contributed by atoms with Gasteiger partial charge in [0.1, 0.15) is 6.26 Å². The smallest absolute Gasteiger partial charge is 0.127 e. The molecule has 2 nitrogen and oxygen atoms in total. The molecule has 1 aromatic rings. The Balaban J connectivity index is 2.50. The quantitative estimate of drug-likeness (QED) is 0.643. The minimum atomic E-state index is 0.594. The molecule has 0 spiro atoms. The summed E-state index contributed by atoms with van der Waals surface area (Å²) in [5.74, 6) is 0.594. The van der Waals surface area contributed by atoms with Crippen molar-refractivity contribution in [1.29, 1.82) is 0 Å². The van der Waals surface area contributed by atoms with E-state index in [1.807, 2.05) is 0 Å². The van der Waals surface area contributed by atoms with Gasteiger partial charge in [-0.25, -0.2) is 0 Å². The van der Waals surface area contributed by atoms with Crippen LogP contribution >= 0.6 is 0 Å². The summed E-state index contributed by atoms with van der Waals surface area (Å²) < 4.78 is 4.73. The second-order valence-corrected chi connectivity index (χ2v) is 2.65. The van der Waals surface area contributed by atoms with E-state index in [0.717, 1.165) is 0 Å². The van der Waals surface area contributed by atoms with Crippen LogP contribution in [-0.2, 0) is 0 Å². The number of rotatable bonds is 3. The molecule has 1 unspecified atom stereocenters. The first-order valence-corrected chi connectivity index (χ1v) is 3.74. The largest absolute Gasteiger partial charge is 0.364 e. The van der Waals surface area contributed by atoms with Crippen molar-refractivity contribution >= 4 is 0 Å². The minimum Gasteiger partial charge on any atom is -0.364 e. The second kappa shape index (κ2) is 3.40. The Hall–Kier alpha value is -0.790. The zero-order valence-corrected chi connectivity index (χ0v) is 6.50. The van der Waals surface area contributed by atoms with Crippen LogP contribution in [0.4, 0.5) is 0 Å². The van der Waals surface area contributed by atoms with Crippen molar-refractivity contribution < 1.29 is 4.52 Å². The molecule has 1 rings (SSSR count). The average molecular weight is 139 g/mol. The molecule has 0 saturated heterocycles. The lowest BCUT2D eigenvalue weighted by atomic mass is 10.0. The van der Waals surface area contributed by atoms with E-state index in [-0.39, 0.29) is 0 Å². The maximum Gasteiger partial charge on any atom is 0.127 e. The Kier molecular flexibility index (Phi) is 2.49. The number of hydrogen-bond acceptors (Lipinski definition) is 2. The molecular weight excluding hydrogens is 126 g/mol. The lowest BCUT2D eigenvalue weighted by molar-refractivity contribution is 0.418. The third kappa shape index (κ3) is 1.59. The van der Waals surface area contributed by atoms with Gasteiger partial charge in [0.25, 0.3) is 0 Å². The van der Waals surface area contributed by atoms with Gasteiger partial charge in [-0.2, -0.15) is 0 Å². The molecule has 0 aromatic carbocycles. The fourth-order valence-electron chi connectivity index (χ4n) is 1.06.